The van der Waals surface area contributed by atoms with Crippen molar-refractivity contribution in [3.63, 3.8) is 0 Å². The molecule has 2 unspecified atom stereocenters. The number of rotatable bonds is 4. The quantitative estimate of drug-likeness (QED) is 0.578. The van der Waals surface area contributed by atoms with Gasteiger partial charge in [0.25, 0.3) is 0 Å². The summed E-state index contributed by atoms with van der Waals surface area (Å²) in [7, 11) is 2.09. The summed E-state index contributed by atoms with van der Waals surface area (Å²) < 4.78 is 5.70. The minimum Gasteiger partial charge on any atom is -0.448 e. The molecule has 0 saturated carbocycles. The van der Waals surface area contributed by atoms with Gasteiger partial charge >= 0.3 is 0 Å². The van der Waals surface area contributed by atoms with Crippen LogP contribution in [-0.2, 0) is 0 Å². The Balaban J connectivity index is 0.000000271. The van der Waals surface area contributed by atoms with E-state index in [4.69, 9.17) is 4.42 Å². The van der Waals surface area contributed by atoms with E-state index >= 15 is 0 Å². The fourth-order valence-corrected chi connectivity index (χ4v) is 3.62. The molecule has 0 radical (unpaired) electrons. The predicted molar refractivity (Wildman–Crippen MR) is 119 cm³/mol. The molecule has 1 aromatic carbocycles. The molecule has 3 heteroatoms. The third-order valence-corrected chi connectivity index (χ3v) is 5.19. The molecule has 4 rings (SSSR count). The van der Waals surface area contributed by atoms with Gasteiger partial charge in [-0.3, -0.25) is 0 Å². The molecular formula is C25H28N2O. The lowest BCUT2D eigenvalue weighted by molar-refractivity contribution is 0.453. The molecular weight excluding hydrogens is 344 g/mol. The van der Waals surface area contributed by atoms with Crippen LogP contribution in [-0.4, -0.2) is 13.1 Å². The van der Waals surface area contributed by atoms with Crippen LogP contribution in [0.4, 0.5) is 11.6 Å². The molecule has 1 aliphatic carbocycles. The monoisotopic (exact) mass is 372 g/mol. The Kier molecular flexibility index (Phi) is 6.08. The molecule has 0 bridgehead atoms. The van der Waals surface area contributed by atoms with Gasteiger partial charge < -0.3 is 14.2 Å². The van der Waals surface area contributed by atoms with E-state index < -0.39 is 0 Å². The molecule has 0 N–H and O–H groups in total. The van der Waals surface area contributed by atoms with Gasteiger partial charge in [0, 0.05) is 30.0 Å². The van der Waals surface area contributed by atoms with Gasteiger partial charge in [-0.25, -0.2) is 0 Å². The van der Waals surface area contributed by atoms with E-state index in [0.717, 1.165) is 23.6 Å². The van der Waals surface area contributed by atoms with Crippen molar-refractivity contribution in [2.24, 2.45) is 0 Å². The summed E-state index contributed by atoms with van der Waals surface area (Å²) in [5.74, 6) is 0.973. The van der Waals surface area contributed by atoms with Gasteiger partial charge in [-0.1, -0.05) is 37.4 Å². The van der Waals surface area contributed by atoms with Crippen molar-refractivity contribution in [3.8, 4) is 0 Å². The van der Waals surface area contributed by atoms with E-state index in [0.29, 0.717) is 6.04 Å². The number of hydrogen-bond acceptors (Lipinski definition) is 3. The van der Waals surface area contributed by atoms with E-state index in [9.17, 15) is 0 Å². The SMILES string of the molecule is C=C(C)N(c1ccccc1)C1CC(C)N(C)c2occc21.C=CC1=CC=C=C1. The van der Waals surface area contributed by atoms with Crippen LogP contribution in [0.2, 0.25) is 0 Å². The molecule has 28 heavy (non-hydrogen) atoms. The molecule has 0 fully saturated rings. The largest absolute Gasteiger partial charge is 0.448 e. The normalized spacial score (nSPS) is 19.4. The van der Waals surface area contributed by atoms with Crippen molar-refractivity contribution in [3.05, 3.63) is 103 Å². The third-order valence-electron chi connectivity index (χ3n) is 5.19. The molecule has 0 saturated heterocycles. The summed E-state index contributed by atoms with van der Waals surface area (Å²) in [6.07, 6.45) is 10.4. The lowest BCUT2D eigenvalue weighted by Crippen LogP contribution is -2.40. The Morgan fingerprint density at radius 1 is 1.29 bits per heavy atom. The highest BCUT2D eigenvalue weighted by Gasteiger charge is 2.34. The summed E-state index contributed by atoms with van der Waals surface area (Å²) >= 11 is 0. The van der Waals surface area contributed by atoms with Crippen LogP contribution in [0.3, 0.4) is 0 Å². The first-order chi connectivity index (χ1) is 13.5. The topological polar surface area (TPSA) is 19.6 Å². The van der Waals surface area contributed by atoms with Gasteiger partial charge in [-0.2, -0.15) is 0 Å². The first-order valence-corrected chi connectivity index (χ1v) is 9.58. The highest BCUT2D eigenvalue weighted by atomic mass is 16.3. The number of anilines is 2. The van der Waals surface area contributed by atoms with Gasteiger partial charge in [-0.05, 0) is 62.3 Å². The second-order valence-electron chi connectivity index (χ2n) is 7.18. The molecule has 144 valence electrons. The second-order valence-corrected chi connectivity index (χ2v) is 7.18. The van der Waals surface area contributed by atoms with Crippen molar-refractivity contribution in [1.82, 2.24) is 0 Å². The minimum atomic E-state index is 0.268. The van der Waals surface area contributed by atoms with Crippen LogP contribution in [0.5, 0.6) is 0 Å². The Hall–Kier alpha value is -3.16. The lowest BCUT2D eigenvalue weighted by atomic mass is 9.94. The summed E-state index contributed by atoms with van der Waals surface area (Å²) in [5.41, 5.74) is 7.52. The molecule has 1 aromatic heterocycles. The Labute approximate surface area is 168 Å². The molecule has 3 nitrogen and oxygen atoms in total. The fraction of sp³-hybridized carbons (Fsp3) is 0.240. The first kappa shape index (κ1) is 19.6. The van der Waals surface area contributed by atoms with E-state index in [-0.39, 0.29) is 6.04 Å². The summed E-state index contributed by atoms with van der Waals surface area (Å²) in [6.45, 7) is 12.1. The zero-order valence-corrected chi connectivity index (χ0v) is 16.9. The average Bonchev–Trinajstić information content (AvgIpc) is 3.39. The molecule has 2 atom stereocenters. The van der Waals surface area contributed by atoms with Crippen LogP contribution >= 0.6 is 0 Å². The number of para-hydroxylation sites is 1. The van der Waals surface area contributed by atoms with E-state index in [1.165, 1.54) is 11.3 Å². The summed E-state index contributed by atoms with van der Waals surface area (Å²) in [6, 6.07) is 13.2. The van der Waals surface area contributed by atoms with Gasteiger partial charge in [-0.15, -0.1) is 5.73 Å². The highest BCUT2D eigenvalue weighted by molar-refractivity contribution is 5.59. The van der Waals surface area contributed by atoms with Gasteiger partial charge in [0.2, 0.25) is 5.88 Å². The van der Waals surface area contributed by atoms with Crippen LogP contribution in [0.1, 0.15) is 31.9 Å². The van der Waals surface area contributed by atoms with Crippen LogP contribution < -0.4 is 9.80 Å². The van der Waals surface area contributed by atoms with Crippen LogP contribution in [0.25, 0.3) is 0 Å². The predicted octanol–water partition coefficient (Wildman–Crippen LogP) is 6.41. The number of furan rings is 1. The minimum absolute atomic E-state index is 0.268. The number of allylic oxidation sites excluding steroid dienone is 5. The number of benzene rings is 1. The molecule has 2 heterocycles. The number of fused-ring (bicyclic) bond motifs is 1. The van der Waals surface area contributed by atoms with E-state index in [1.54, 1.807) is 12.3 Å². The van der Waals surface area contributed by atoms with Crippen molar-refractivity contribution in [1.29, 1.82) is 0 Å². The summed E-state index contributed by atoms with van der Waals surface area (Å²) in [5, 5.41) is 0. The molecule has 0 spiro atoms. The second kappa shape index (κ2) is 8.69. The lowest BCUT2D eigenvalue weighted by Gasteiger charge is -2.41. The number of hydrogen-bond donors (Lipinski definition) is 0. The molecule has 0 amide bonds. The number of nitrogens with zero attached hydrogens (tertiary/aromatic N) is 2. The first-order valence-electron chi connectivity index (χ1n) is 9.58. The van der Waals surface area contributed by atoms with E-state index in [1.807, 2.05) is 24.3 Å². The fourth-order valence-electron chi connectivity index (χ4n) is 3.62. The standard InChI is InChI=1S/C18H22N2O.C7H6/c1-13(2)20(15-8-6-5-7-9-15)17-12-14(3)19(4)18-16(17)10-11-21-18;1-2-7-5-3-4-6-7/h5-11,14,17H,1,12H2,2-4H3;2-3,5-6H,1H2. The maximum absolute atomic E-state index is 5.70. The van der Waals surface area contributed by atoms with Crippen molar-refractivity contribution < 1.29 is 4.42 Å². The van der Waals surface area contributed by atoms with Crippen molar-refractivity contribution in [2.45, 2.75) is 32.4 Å². The smallest absolute Gasteiger partial charge is 0.200 e. The molecule has 2 aliphatic rings. The summed E-state index contributed by atoms with van der Waals surface area (Å²) in [4.78, 5) is 4.53. The third kappa shape index (κ3) is 4.05. The maximum Gasteiger partial charge on any atom is 0.200 e. The van der Waals surface area contributed by atoms with Gasteiger partial charge in [0.15, 0.2) is 0 Å². The molecule has 1 aliphatic heterocycles. The van der Waals surface area contributed by atoms with E-state index in [2.05, 4.69) is 79.9 Å². The Morgan fingerprint density at radius 3 is 2.61 bits per heavy atom. The Morgan fingerprint density at radius 2 is 2.04 bits per heavy atom. The molecule has 2 aromatic rings. The average molecular weight is 373 g/mol. The van der Waals surface area contributed by atoms with Crippen molar-refractivity contribution >= 4 is 11.6 Å². The Bertz CT molecular complexity index is 928. The van der Waals surface area contributed by atoms with Crippen molar-refractivity contribution in [2.75, 3.05) is 16.8 Å². The van der Waals surface area contributed by atoms with Gasteiger partial charge in [0.1, 0.15) is 0 Å². The van der Waals surface area contributed by atoms with Crippen LogP contribution in [0, 0.1) is 0 Å². The van der Waals surface area contributed by atoms with Gasteiger partial charge in [0.05, 0.1) is 12.3 Å². The van der Waals surface area contributed by atoms with Crippen LogP contribution in [0.15, 0.2) is 102 Å². The zero-order valence-electron chi connectivity index (χ0n) is 16.9. The zero-order chi connectivity index (χ0) is 20.1. The highest BCUT2D eigenvalue weighted by Crippen LogP contribution is 2.43. The maximum atomic E-state index is 5.70.